The molecule has 17 heavy (non-hydrogen) atoms. The standard InChI is InChI=1S/C10H22N4O.C2H6/c1-11-8-12-4-5-13-10(15)9-3-6-14(2)7-9;1-2/h9,11-12H,3-8H2,1-2H3,(H,13,15);1-2H3. The summed E-state index contributed by atoms with van der Waals surface area (Å²) < 4.78 is 0. The van der Waals surface area contributed by atoms with Crippen molar-refractivity contribution in [3.8, 4) is 0 Å². The second kappa shape index (κ2) is 10.5. The fraction of sp³-hybridized carbons (Fsp3) is 0.917. The molecule has 1 heterocycles. The van der Waals surface area contributed by atoms with Crippen LogP contribution in [-0.4, -0.2) is 57.8 Å². The quantitative estimate of drug-likeness (QED) is 0.449. The number of amides is 1. The summed E-state index contributed by atoms with van der Waals surface area (Å²) in [6.07, 6.45) is 0.992. The monoisotopic (exact) mass is 244 g/mol. The smallest absolute Gasteiger partial charge is 0.224 e. The molecule has 1 aliphatic rings. The van der Waals surface area contributed by atoms with Crippen LogP contribution >= 0.6 is 0 Å². The average molecular weight is 244 g/mol. The summed E-state index contributed by atoms with van der Waals surface area (Å²) in [6, 6.07) is 0. The number of hydrogen-bond donors (Lipinski definition) is 3. The number of hydrogen-bond acceptors (Lipinski definition) is 4. The van der Waals surface area contributed by atoms with Crippen LogP contribution in [-0.2, 0) is 4.79 Å². The number of likely N-dealkylation sites (tertiary alicyclic amines) is 1. The van der Waals surface area contributed by atoms with E-state index in [-0.39, 0.29) is 11.8 Å². The van der Waals surface area contributed by atoms with Crippen LogP contribution in [0.15, 0.2) is 0 Å². The van der Waals surface area contributed by atoms with Crippen LogP contribution < -0.4 is 16.0 Å². The molecule has 1 amide bonds. The molecule has 5 heteroatoms. The topological polar surface area (TPSA) is 56.4 Å². The third-order valence-corrected chi connectivity index (χ3v) is 2.66. The molecule has 3 N–H and O–H groups in total. The lowest BCUT2D eigenvalue weighted by Crippen LogP contribution is -2.38. The summed E-state index contributed by atoms with van der Waals surface area (Å²) in [6.45, 7) is 8.24. The van der Waals surface area contributed by atoms with Crippen LogP contribution in [0.25, 0.3) is 0 Å². The van der Waals surface area contributed by atoms with Crippen molar-refractivity contribution >= 4 is 5.91 Å². The first-order valence-electron chi connectivity index (χ1n) is 6.55. The minimum atomic E-state index is 0.194. The molecule has 0 saturated carbocycles. The van der Waals surface area contributed by atoms with E-state index < -0.39 is 0 Å². The molecule has 1 atom stereocenters. The molecule has 1 rings (SSSR count). The third-order valence-electron chi connectivity index (χ3n) is 2.66. The molecule has 1 aliphatic heterocycles. The maximum absolute atomic E-state index is 11.6. The summed E-state index contributed by atoms with van der Waals surface area (Å²) in [4.78, 5) is 13.8. The van der Waals surface area contributed by atoms with Crippen molar-refractivity contribution in [1.29, 1.82) is 0 Å². The van der Waals surface area contributed by atoms with Gasteiger partial charge in [0, 0.05) is 26.3 Å². The van der Waals surface area contributed by atoms with Crippen LogP contribution in [0.4, 0.5) is 0 Å². The second-order valence-corrected chi connectivity index (χ2v) is 4.07. The van der Waals surface area contributed by atoms with E-state index in [0.717, 1.165) is 32.7 Å². The van der Waals surface area contributed by atoms with Gasteiger partial charge in [0.15, 0.2) is 0 Å². The van der Waals surface area contributed by atoms with Gasteiger partial charge in [-0.1, -0.05) is 13.8 Å². The molecule has 102 valence electrons. The zero-order valence-electron chi connectivity index (χ0n) is 11.7. The Hall–Kier alpha value is -0.650. The molecule has 5 nitrogen and oxygen atoms in total. The lowest BCUT2D eigenvalue weighted by molar-refractivity contribution is -0.124. The SMILES string of the molecule is CC.CNCNCCNC(=O)C1CCN(C)C1. The summed E-state index contributed by atoms with van der Waals surface area (Å²) >= 11 is 0. The van der Waals surface area contributed by atoms with E-state index in [1.165, 1.54) is 0 Å². The molecule has 0 aromatic heterocycles. The largest absolute Gasteiger partial charge is 0.355 e. The molecule has 0 aliphatic carbocycles. The number of rotatable bonds is 6. The van der Waals surface area contributed by atoms with E-state index in [1.54, 1.807) is 0 Å². The number of carbonyl (C=O) groups is 1. The van der Waals surface area contributed by atoms with E-state index in [2.05, 4.69) is 27.9 Å². The van der Waals surface area contributed by atoms with Gasteiger partial charge in [0.1, 0.15) is 0 Å². The van der Waals surface area contributed by atoms with Crippen molar-refractivity contribution < 1.29 is 4.79 Å². The Morgan fingerprint density at radius 2 is 2.06 bits per heavy atom. The average Bonchev–Trinajstić information content (AvgIpc) is 2.78. The van der Waals surface area contributed by atoms with Crippen LogP contribution in [0.2, 0.25) is 0 Å². The van der Waals surface area contributed by atoms with Gasteiger partial charge >= 0.3 is 0 Å². The first-order valence-corrected chi connectivity index (χ1v) is 6.55. The van der Waals surface area contributed by atoms with Gasteiger partial charge in [0.25, 0.3) is 0 Å². The first-order chi connectivity index (χ1) is 8.24. The van der Waals surface area contributed by atoms with Crippen LogP contribution in [0.5, 0.6) is 0 Å². The van der Waals surface area contributed by atoms with E-state index >= 15 is 0 Å². The predicted molar refractivity (Wildman–Crippen MR) is 71.9 cm³/mol. The molecular weight excluding hydrogens is 216 g/mol. The second-order valence-electron chi connectivity index (χ2n) is 4.07. The van der Waals surface area contributed by atoms with Crippen molar-refractivity contribution in [1.82, 2.24) is 20.9 Å². The fourth-order valence-corrected chi connectivity index (χ4v) is 1.78. The zero-order chi connectivity index (χ0) is 13.1. The Morgan fingerprint density at radius 1 is 1.35 bits per heavy atom. The van der Waals surface area contributed by atoms with Gasteiger partial charge in [-0.15, -0.1) is 0 Å². The van der Waals surface area contributed by atoms with Gasteiger partial charge in [-0.2, -0.15) is 0 Å². The van der Waals surface area contributed by atoms with Gasteiger partial charge in [-0.05, 0) is 27.1 Å². The third kappa shape index (κ3) is 7.31. The van der Waals surface area contributed by atoms with E-state index in [9.17, 15) is 4.79 Å². The molecule has 0 radical (unpaired) electrons. The van der Waals surface area contributed by atoms with E-state index in [4.69, 9.17) is 0 Å². The Labute approximate surface area is 105 Å². The van der Waals surface area contributed by atoms with Gasteiger partial charge < -0.3 is 20.9 Å². The maximum atomic E-state index is 11.6. The van der Waals surface area contributed by atoms with Crippen LogP contribution in [0.1, 0.15) is 20.3 Å². The minimum Gasteiger partial charge on any atom is -0.355 e. The summed E-state index contributed by atoms with van der Waals surface area (Å²) in [7, 11) is 3.95. The Balaban J connectivity index is 0.00000121. The maximum Gasteiger partial charge on any atom is 0.224 e. The molecular formula is C12H28N4O. The van der Waals surface area contributed by atoms with Crippen LogP contribution in [0, 0.1) is 5.92 Å². The van der Waals surface area contributed by atoms with Crippen molar-refractivity contribution in [3.63, 3.8) is 0 Å². The molecule has 0 bridgehead atoms. The highest BCUT2D eigenvalue weighted by Gasteiger charge is 2.25. The van der Waals surface area contributed by atoms with Crippen molar-refractivity contribution in [3.05, 3.63) is 0 Å². The first kappa shape index (κ1) is 16.4. The number of nitrogens with zero attached hydrogens (tertiary/aromatic N) is 1. The summed E-state index contributed by atoms with van der Waals surface area (Å²) in [5.74, 6) is 0.393. The summed E-state index contributed by atoms with van der Waals surface area (Å²) in [5.41, 5.74) is 0. The Morgan fingerprint density at radius 3 is 2.59 bits per heavy atom. The molecule has 1 fully saturated rings. The molecule has 1 saturated heterocycles. The van der Waals surface area contributed by atoms with Gasteiger partial charge in [0.05, 0.1) is 5.92 Å². The lowest BCUT2D eigenvalue weighted by Gasteiger charge is -2.11. The highest BCUT2D eigenvalue weighted by atomic mass is 16.1. The molecule has 0 spiro atoms. The summed E-state index contributed by atoms with van der Waals surface area (Å²) in [5, 5.41) is 9.09. The molecule has 1 unspecified atom stereocenters. The zero-order valence-corrected chi connectivity index (χ0v) is 11.7. The highest BCUT2D eigenvalue weighted by Crippen LogP contribution is 2.13. The number of nitrogens with one attached hydrogen (secondary N) is 3. The Bertz CT molecular complexity index is 199. The molecule has 0 aromatic rings. The number of carbonyl (C=O) groups excluding carboxylic acids is 1. The van der Waals surface area contributed by atoms with Crippen molar-refractivity contribution in [2.75, 3.05) is 46.9 Å². The minimum absolute atomic E-state index is 0.194. The van der Waals surface area contributed by atoms with Crippen molar-refractivity contribution in [2.24, 2.45) is 5.92 Å². The van der Waals surface area contributed by atoms with Crippen LogP contribution in [0.3, 0.4) is 0 Å². The van der Waals surface area contributed by atoms with Gasteiger partial charge in [-0.3, -0.25) is 4.79 Å². The van der Waals surface area contributed by atoms with Gasteiger partial charge in [0.2, 0.25) is 5.91 Å². The predicted octanol–water partition coefficient (Wildman–Crippen LogP) is -0.153. The lowest BCUT2D eigenvalue weighted by atomic mass is 10.1. The molecule has 0 aromatic carbocycles. The van der Waals surface area contributed by atoms with E-state index in [1.807, 2.05) is 20.9 Å². The van der Waals surface area contributed by atoms with Gasteiger partial charge in [-0.25, -0.2) is 0 Å². The highest BCUT2D eigenvalue weighted by molar-refractivity contribution is 5.79. The van der Waals surface area contributed by atoms with Crippen molar-refractivity contribution in [2.45, 2.75) is 20.3 Å². The van der Waals surface area contributed by atoms with E-state index in [0.29, 0.717) is 6.54 Å². The normalized spacial score (nSPS) is 19.6. The Kier molecular flexibility index (Phi) is 10.1. The fourth-order valence-electron chi connectivity index (χ4n) is 1.78.